The second-order valence-corrected chi connectivity index (χ2v) is 13.4. The molecule has 244 valence electrons. The van der Waals surface area contributed by atoms with Crippen LogP contribution in [0.3, 0.4) is 0 Å². The highest BCUT2D eigenvalue weighted by Gasteiger charge is 2.15. The number of para-hydroxylation sites is 5. The summed E-state index contributed by atoms with van der Waals surface area (Å²) in [6.45, 7) is 0. The molecule has 0 atom stereocenters. The van der Waals surface area contributed by atoms with Gasteiger partial charge in [0.2, 0.25) is 0 Å². The topological polar surface area (TPSA) is 9.86 Å². The van der Waals surface area contributed by atoms with Crippen LogP contribution < -0.4 is 0 Å². The van der Waals surface area contributed by atoms with Crippen LogP contribution in [0, 0.1) is 0 Å². The minimum absolute atomic E-state index is 1.17. The Balaban J connectivity index is 0.925. The summed E-state index contributed by atoms with van der Waals surface area (Å²) in [5.41, 5.74) is 14.4. The van der Waals surface area contributed by atoms with Crippen LogP contribution in [0.2, 0.25) is 0 Å². The highest BCUT2D eigenvalue weighted by atomic mass is 15.0. The molecule has 0 bridgehead atoms. The van der Waals surface area contributed by atoms with Gasteiger partial charge in [-0.3, -0.25) is 0 Å². The number of fused-ring (bicyclic) bond motifs is 6. The lowest BCUT2D eigenvalue weighted by Gasteiger charge is -2.14. The van der Waals surface area contributed by atoms with Crippen LogP contribution in [0.15, 0.2) is 194 Å². The first kappa shape index (κ1) is 30.0. The fourth-order valence-electron chi connectivity index (χ4n) is 7.86. The Hall–Kier alpha value is -6.90. The van der Waals surface area contributed by atoms with E-state index in [1.165, 1.54) is 88.4 Å². The maximum absolute atomic E-state index is 2.40. The van der Waals surface area contributed by atoms with Crippen molar-refractivity contribution in [2.45, 2.75) is 0 Å². The summed E-state index contributed by atoms with van der Waals surface area (Å²) in [6, 6.07) is 70.0. The maximum Gasteiger partial charge on any atom is 0.0541 e. The third-order valence-corrected chi connectivity index (χ3v) is 10.3. The van der Waals surface area contributed by atoms with E-state index in [0.717, 1.165) is 0 Å². The number of hydrogen-bond acceptors (Lipinski definition) is 0. The van der Waals surface area contributed by atoms with Crippen molar-refractivity contribution < 1.29 is 0 Å². The van der Waals surface area contributed by atoms with Gasteiger partial charge in [0, 0.05) is 32.8 Å². The van der Waals surface area contributed by atoms with Gasteiger partial charge in [0.25, 0.3) is 0 Å². The van der Waals surface area contributed by atoms with E-state index in [1.807, 2.05) is 0 Å². The average molecular weight is 663 g/mol. The Labute approximate surface area is 302 Å². The van der Waals surface area contributed by atoms with Crippen molar-refractivity contribution in [3.05, 3.63) is 205 Å². The largest absolute Gasteiger partial charge is 0.309 e. The van der Waals surface area contributed by atoms with Crippen molar-refractivity contribution in [1.29, 1.82) is 0 Å². The lowest BCUT2D eigenvalue weighted by Crippen LogP contribution is -1.96. The highest BCUT2D eigenvalue weighted by Crippen LogP contribution is 2.37. The first-order valence-electron chi connectivity index (χ1n) is 17.9. The smallest absolute Gasteiger partial charge is 0.0541 e. The number of aromatic nitrogens is 2. The van der Waals surface area contributed by atoms with Crippen LogP contribution >= 0.6 is 0 Å². The Morgan fingerprint density at radius 1 is 0.308 bits per heavy atom. The SMILES string of the molecule is C(=Cc1ccc(-c2ccccc2-n2c3ccccc3c3ccccc32)cc1)c1ccc(-c2ccc3c(c2)c2ccccc2n3-c2ccccc2)cc1. The van der Waals surface area contributed by atoms with Gasteiger partial charge in [-0.25, -0.2) is 0 Å². The molecule has 0 aliphatic carbocycles. The first-order valence-corrected chi connectivity index (χ1v) is 17.9. The zero-order chi connectivity index (χ0) is 34.4. The van der Waals surface area contributed by atoms with Crippen LogP contribution in [-0.2, 0) is 0 Å². The van der Waals surface area contributed by atoms with Gasteiger partial charge < -0.3 is 9.13 Å². The molecule has 2 heterocycles. The number of rotatable bonds is 6. The van der Waals surface area contributed by atoms with Crippen LogP contribution in [-0.4, -0.2) is 9.13 Å². The van der Waals surface area contributed by atoms with Crippen molar-refractivity contribution in [3.63, 3.8) is 0 Å². The summed E-state index contributed by atoms with van der Waals surface area (Å²) in [5, 5.41) is 5.08. The van der Waals surface area contributed by atoms with Gasteiger partial charge in [0.15, 0.2) is 0 Å². The second-order valence-electron chi connectivity index (χ2n) is 13.4. The molecule has 10 aromatic rings. The van der Waals surface area contributed by atoms with Crippen molar-refractivity contribution in [2.24, 2.45) is 0 Å². The zero-order valence-electron chi connectivity index (χ0n) is 28.5. The van der Waals surface area contributed by atoms with Crippen molar-refractivity contribution in [2.75, 3.05) is 0 Å². The zero-order valence-corrected chi connectivity index (χ0v) is 28.5. The molecule has 2 nitrogen and oxygen atoms in total. The third-order valence-electron chi connectivity index (χ3n) is 10.3. The predicted molar refractivity (Wildman–Crippen MR) is 221 cm³/mol. The van der Waals surface area contributed by atoms with Crippen molar-refractivity contribution in [1.82, 2.24) is 9.13 Å². The van der Waals surface area contributed by atoms with Gasteiger partial charge in [-0.2, -0.15) is 0 Å². The van der Waals surface area contributed by atoms with Crippen LogP contribution in [0.25, 0.3) is 89.4 Å². The van der Waals surface area contributed by atoms with Gasteiger partial charge in [-0.1, -0.05) is 158 Å². The van der Waals surface area contributed by atoms with Crippen molar-refractivity contribution >= 4 is 55.8 Å². The normalized spacial score (nSPS) is 11.8. The van der Waals surface area contributed by atoms with Crippen LogP contribution in [0.4, 0.5) is 0 Å². The van der Waals surface area contributed by atoms with E-state index in [-0.39, 0.29) is 0 Å². The Kier molecular flexibility index (Phi) is 7.18. The lowest BCUT2D eigenvalue weighted by atomic mass is 10.0. The predicted octanol–water partition coefficient (Wildman–Crippen LogP) is 13.4. The molecule has 52 heavy (non-hydrogen) atoms. The van der Waals surface area contributed by atoms with E-state index < -0.39 is 0 Å². The van der Waals surface area contributed by atoms with Crippen LogP contribution in [0.5, 0.6) is 0 Å². The molecule has 0 aliphatic heterocycles. The van der Waals surface area contributed by atoms with E-state index in [0.29, 0.717) is 0 Å². The summed E-state index contributed by atoms with van der Waals surface area (Å²) in [5.74, 6) is 0. The molecule has 0 spiro atoms. The number of hydrogen-bond donors (Lipinski definition) is 0. The quantitative estimate of drug-likeness (QED) is 0.157. The Morgan fingerprint density at radius 2 is 0.769 bits per heavy atom. The summed E-state index contributed by atoms with van der Waals surface area (Å²) in [7, 11) is 0. The van der Waals surface area contributed by atoms with Crippen molar-refractivity contribution in [3.8, 4) is 33.6 Å². The Bertz CT molecular complexity index is 2870. The molecule has 10 rings (SSSR count). The molecule has 2 aromatic heterocycles. The Morgan fingerprint density at radius 3 is 1.40 bits per heavy atom. The monoisotopic (exact) mass is 662 g/mol. The molecule has 0 aliphatic rings. The third kappa shape index (κ3) is 5.04. The van der Waals surface area contributed by atoms with E-state index >= 15 is 0 Å². The number of benzene rings is 8. The van der Waals surface area contributed by atoms with E-state index in [4.69, 9.17) is 0 Å². The highest BCUT2D eigenvalue weighted by molar-refractivity contribution is 6.11. The van der Waals surface area contributed by atoms with Gasteiger partial charge in [0.1, 0.15) is 0 Å². The molecule has 2 heteroatoms. The molecule has 0 fully saturated rings. The summed E-state index contributed by atoms with van der Waals surface area (Å²) in [6.07, 6.45) is 4.39. The fourth-order valence-corrected chi connectivity index (χ4v) is 7.86. The molecule has 0 unspecified atom stereocenters. The van der Waals surface area contributed by atoms with Crippen LogP contribution in [0.1, 0.15) is 11.1 Å². The molecule has 0 N–H and O–H groups in total. The molecule has 0 radical (unpaired) electrons. The lowest BCUT2D eigenvalue weighted by molar-refractivity contribution is 1.18. The molecular formula is C50H34N2. The summed E-state index contributed by atoms with van der Waals surface area (Å²) < 4.78 is 4.76. The van der Waals surface area contributed by atoms with E-state index in [1.54, 1.807) is 0 Å². The standard InChI is InChI=1S/C50H34N2/c1-2-12-40(13-3-1)51-47-19-9-7-17-44(47)45-34-39(32-33-50(45)51)37-28-24-35(25-29-37)22-23-36-26-30-38(31-27-36)41-14-4-8-18-46(41)52-48-20-10-5-15-42(48)43-16-6-11-21-49(43)52/h1-34H. The first-order chi connectivity index (χ1) is 25.8. The number of nitrogens with zero attached hydrogens (tertiary/aromatic N) is 2. The van der Waals surface area contributed by atoms with Gasteiger partial charge in [-0.15, -0.1) is 0 Å². The van der Waals surface area contributed by atoms with Gasteiger partial charge >= 0.3 is 0 Å². The van der Waals surface area contributed by atoms with Gasteiger partial charge in [0.05, 0.1) is 27.8 Å². The molecule has 8 aromatic carbocycles. The molecule has 0 saturated heterocycles. The summed E-state index contributed by atoms with van der Waals surface area (Å²) in [4.78, 5) is 0. The second kappa shape index (κ2) is 12.5. The fraction of sp³-hybridized carbons (Fsp3) is 0. The van der Waals surface area contributed by atoms with E-state index in [2.05, 4.69) is 215 Å². The van der Waals surface area contributed by atoms with E-state index in [9.17, 15) is 0 Å². The molecular weight excluding hydrogens is 629 g/mol. The average Bonchev–Trinajstić information content (AvgIpc) is 3.73. The minimum Gasteiger partial charge on any atom is -0.309 e. The van der Waals surface area contributed by atoms with Gasteiger partial charge in [-0.05, 0) is 76.3 Å². The maximum atomic E-state index is 2.40. The molecule has 0 saturated carbocycles. The summed E-state index contributed by atoms with van der Waals surface area (Å²) >= 11 is 0. The molecule has 0 amide bonds. The minimum atomic E-state index is 1.17.